The number of rotatable bonds is 10. The van der Waals surface area contributed by atoms with Gasteiger partial charge in [0.05, 0.1) is 18.3 Å². The Morgan fingerprint density at radius 1 is 0.958 bits per heavy atom. The fourth-order valence-corrected chi connectivity index (χ4v) is 6.94. The molecular weight excluding hydrogens is 626 g/mol. The van der Waals surface area contributed by atoms with E-state index in [2.05, 4.69) is 72.9 Å². The maximum atomic E-state index is 12.8. The Morgan fingerprint density at radius 2 is 1.56 bits per heavy atom. The minimum Gasteiger partial charge on any atom is -0.491 e. The Balaban J connectivity index is 1.02. The number of ether oxygens (including phenoxy) is 3. The summed E-state index contributed by atoms with van der Waals surface area (Å²) in [7, 11) is 0. The van der Waals surface area contributed by atoms with Crippen molar-refractivity contribution in [2.45, 2.75) is 72.3 Å². The van der Waals surface area contributed by atoms with Gasteiger partial charge in [-0.1, -0.05) is 51.4 Å². The van der Waals surface area contributed by atoms with E-state index >= 15 is 0 Å². The summed E-state index contributed by atoms with van der Waals surface area (Å²) in [4.78, 5) is 17.6. The predicted octanol–water partition coefficient (Wildman–Crippen LogP) is 7.38. The Labute approximate surface area is 289 Å². The average Bonchev–Trinajstić information content (AvgIpc) is 3.66. The van der Waals surface area contributed by atoms with Crippen molar-refractivity contribution in [3.63, 3.8) is 0 Å². The lowest BCUT2D eigenvalue weighted by Crippen LogP contribution is -2.46. The van der Waals surface area contributed by atoms with Crippen molar-refractivity contribution in [3.8, 4) is 11.4 Å². The van der Waals surface area contributed by atoms with Gasteiger partial charge in [-0.05, 0) is 85.8 Å². The first-order valence-corrected chi connectivity index (χ1v) is 17.4. The molecule has 0 radical (unpaired) electrons. The van der Waals surface area contributed by atoms with Crippen LogP contribution >= 0.6 is 11.6 Å². The van der Waals surface area contributed by atoms with Gasteiger partial charge in [0, 0.05) is 54.6 Å². The predicted molar refractivity (Wildman–Crippen MR) is 192 cm³/mol. The fraction of sp³-hybridized carbons (Fsp3) is 0.474. The maximum Gasteiger partial charge on any atom is 0.350 e. The van der Waals surface area contributed by atoms with Crippen molar-refractivity contribution in [2.75, 3.05) is 49.2 Å². The highest BCUT2D eigenvalue weighted by Gasteiger charge is 2.47. The van der Waals surface area contributed by atoms with Gasteiger partial charge in [0.15, 0.2) is 5.79 Å². The summed E-state index contributed by atoms with van der Waals surface area (Å²) in [6.07, 6.45) is 2.93. The van der Waals surface area contributed by atoms with Gasteiger partial charge < -0.3 is 24.0 Å². The van der Waals surface area contributed by atoms with Crippen molar-refractivity contribution in [2.24, 2.45) is 5.41 Å². The topological polar surface area (TPSA) is 74.0 Å². The lowest BCUT2D eigenvalue weighted by atomic mass is 9.84. The molecule has 0 aliphatic carbocycles. The smallest absolute Gasteiger partial charge is 0.350 e. The third kappa shape index (κ3) is 7.43. The second-order valence-electron chi connectivity index (χ2n) is 14.3. The summed E-state index contributed by atoms with van der Waals surface area (Å²) in [6, 6.07) is 22.6. The summed E-state index contributed by atoms with van der Waals surface area (Å²) >= 11 is 6.70. The highest BCUT2D eigenvalue weighted by atomic mass is 35.5. The largest absolute Gasteiger partial charge is 0.491 e. The molecule has 3 aromatic carbocycles. The first-order valence-electron chi connectivity index (χ1n) is 17.0. The maximum absolute atomic E-state index is 12.8. The molecule has 0 bridgehead atoms. The van der Waals surface area contributed by atoms with Crippen LogP contribution in [0.1, 0.15) is 64.6 Å². The number of piperazine rings is 1. The van der Waals surface area contributed by atoms with Crippen LogP contribution in [0.3, 0.4) is 0 Å². The van der Waals surface area contributed by atoms with Gasteiger partial charge >= 0.3 is 5.69 Å². The number of hydrogen-bond acceptors (Lipinski definition) is 7. The molecule has 9 nitrogen and oxygen atoms in total. The minimum atomic E-state index is -0.901. The zero-order chi connectivity index (χ0) is 34.1. The van der Waals surface area contributed by atoms with Gasteiger partial charge in [-0.15, -0.1) is 0 Å². The second-order valence-corrected chi connectivity index (χ2v) is 14.7. The van der Waals surface area contributed by atoms with E-state index in [0.29, 0.717) is 24.7 Å². The van der Waals surface area contributed by atoms with Gasteiger partial charge in [0.1, 0.15) is 24.8 Å². The zero-order valence-corrected chi connectivity index (χ0v) is 29.7. The molecule has 1 aromatic heterocycles. The summed E-state index contributed by atoms with van der Waals surface area (Å²) < 4.78 is 22.3. The molecule has 0 N–H and O–H groups in total. The summed E-state index contributed by atoms with van der Waals surface area (Å²) in [6.45, 7) is 17.1. The van der Waals surface area contributed by atoms with Gasteiger partial charge in [-0.25, -0.2) is 14.0 Å². The highest BCUT2D eigenvalue weighted by Crippen LogP contribution is 2.46. The first-order chi connectivity index (χ1) is 22.9. The number of benzene rings is 3. The number of aromatic nitrogens is 3. The zero-order valence-electron chi connectivity index (χ0n) is 29.0. The number of halogens is 1. The van der Waals surface area contributed by atoms with Crippen LogP contribution in [0.15, 0.2) is 77.9 Å². The van der Waals surface area contributed by atoms with Crippen LogP contribution in [0.5, 0.6) is 5.75 Å². The Kier molecular flexibility index (Phi) is 9.93. The molecule has 2 fully saturated rings. The molecule has 2 aliphatic rings. The molecule has 0 spiro atoms. The Morgan fingerprint density at radius 3 is 2.15 bits per heavy atom. The van der Waals surface area contributed by atoms with E-state index in [9.17, 15) is 4.79 Å². The number of hydrogen-bond donors (Lipinski definition) is 0. The molecule has 0 saturated carbocycles. The van der Waals surface area contributed by atoms with Crippen LogP contribution in [0, 0.1) is 12.3 Å². The molecule has 3 atom stereocenters. The van der Waals surface area contributed by atoms with E-state index in [1.165, 1.54) is 5.69 Å². The molecule has 3 heterocycles. The first kappa shape index (κ1) is 34.1. The second kappa shape index (κ2) is 14.0. The monoisotopic (exact) mass is 673 g/mol. The normalized spacial score (nSPS) is 20.7. The van der Waals surface area contributed by atoms with E-state index < -0.39 is 5.79 Å². The summed E-state index contributed by atoms with van der Waals surface area (Å²) in [5.74, 6) is -0.0985. The van der Waals surface area contributed by atoms with Crippen LogP contribution in [0.4, 0.5) is 11.4 Å². The quantitative estimate of drug-likeness (QED) is 0.174. The molecule has 256 valence electrons. The van der Waals surface area contributed by atoms with Gasteiger partial charge in [-0.2, -0.15) is 5.10 Å². The lowest BCUT2D eigenvalue weighted by molar-refractivity contribution is -0.198. The van der Waals surface area contributed by atoms with Crippen molar-refractivity contribution < 1.29 is 14.2 Å². The van der Waals surface area contributed by atoms with Gasteiger partial charge in [-0.3, -0.25) is 0 Å². The van der Waals surface area contributed by atoms with E-state index in [0.717, 1.165) is 60.9 Å². The molecule has 2 saturated heterocycles. The molecule has 10 heteroatoms. The molecule has 48 heavy (non-hydrogen) atoms. The van der Waals surface area contributed by atoms with Crippen LogP contribution in [-0.2, 0) is 15.3 Å². The van der Waals surface area contributed by atoms with Crippen molar-refractivity contribution in [3.05, 3.63) is 99.7 Å². The van der Waals surface area contributed by atoms with E-state index in [1.54, 1.807) is 15.6 Å². The molecular formula is C38H48ClN5O4. The Hall–Kier alpha value is -3.79. The molecule has 0 amide bonds. The number of aryl methyl sites for hydroxylation is 1. The van der Waals surface area contributed by atoms with E-state index in [1.807, 2.05) is 50.2 Å². The van der Waals surface area contributed by atoms with Crippen molar-refractivity contribution >= 4 is 23.0 Å². The number of nitrogens with zero attached hydrogens (tertiary/aromatic N) is 5. The van der Waals surface area contributed by atoms with Crippen LogP contribution in [-0.4, -0.2) is 59.8 Å². The van der Waals surface area contributed by atoms with Crippen LogP contribution in [0.2, 0.25) is 5.02 Å². The van der Waals surface area contributed by atoms with Crippen LogP contribution < -0.4 is 20.2 Å². The molecule has 1 unspecified atom stereocenters. The van der Waals surface area contributed by atoms with Crippen LogP contribution in [0.25, 0.3) is 5.69 Å². The lowest BCUT2D eigenvalue weighted by Gasteiger charge is -2.37. The van der Waals surface area contributed by atoms with E-state index in [-0.39, 0.29) is 23.3 Å². The number of anilines is 2. The molecule has 6 rings (SSSR count). The standard InChI is InChI=1S/C38H48ClN5O4/c1-7-28(3)44-36(45)43(26-40-44)31-11-9-29(10-12-31)41-18-20-42(21-19-41)30-13-15-32(16-14-30)46-23-33-24-47-38(48-33,25-37(4,5)6)34-17-8-27(2)22-35(34)39/h8-17,22,26,28,33H,7,18-21,23-25H2,1-6H3/t28?,33-,38-/m0/s1. The summed E-state index contributed by atoms with van der Waals surface area (Å²) in [5.41, 5.74) is 4.99. The van der Waals surface area contributed by atoms with E-state index in [4.69, 9.17) is 25.8 Å². The Bertz CT molecular complexity index is 1740. The molecule has 4 aromatic rings. The SMILES string of the molecule is CCC(C)n1ncn(-c2ccc(N3CCN(c4ccc(OC[C@H]5CO[C@](CC(C)(C)C)(c6ccc(C)cc6Cl)O5)cc4)CC3)cc2)c1=O. The van der Waals surface area contributed by atoms with Crippen molar-refractivity contribution in [1.82, 2.24) is 14.3 Å². The fourth-order valence-electron chi connectivity index (χ4n) is 6.56. The van der Waals surface area contributed by atoms with Gasteiger partial charge in [0.25, 0.3) is 0 Å². The highest BCUT2D eigenvalue weighted by molar-refractivity contribution is 6.31. The average molecular weight is 674 g/mol. The third-order valence-corrected chi connectivity index (χ3v) is 9.58. The molecule has 2 aliphatic heterocycles. The van der Waals surface area contributed by atoms with Gasteiger partial charge in [0.2, 0.25) is 0 Å². The summed E-state index contributed by atoms with van der Waals surface area (Å²) in [5, 5.41) is 4.97. The minimum absolute atomic E-state index is 0.0313. The third-order valence-electron chi connectivity index (χ3n) is 9.27. The van der Waals surface area contributed by atoms with Crippen molar-refractivity contribution in [1.29, 1.82) is 0 Å².